The van der Waals surface area contributed by atoms with Gasteiger partial charge in [-0.3, -0.25) is 0 Å². The van der Waals surface area contributed by atoms with E-state index >= 15 is 0 Å². The van der Waals surface area contributed by atoms with Crippen molar-refractivity contribution >= 4 is 21.8 Å². The second kappa shape index (κ2) is 6.98. The van der Waals surface area contributed by atoms with Crippen LogP contribution in [0.5, 0.6) is 0 Å². The van der Waals surface area contributed by atoms with Crippen molar-refractivity contribution in [1.29, 1.82) is 0 Å². The van der Waals surface area contributed by atoms with Crippen molar-refractivity contribution in [3.05, 3.63) is 17.1 Å². The Morgan fingerprint density at radius 1 is 1.35 bits per heavy atom. The predicted octanol–water partition coefficient (Wildman–Crippen LogP) is 2.15. The molecule has 0 aliphatic heterocycles. The number of sulfonamides is 1. The first-order valence-electron chi connectivity index (χ1n) is 6.44. The highest BCUT2D eigenvalue weighted by Crippen LogP contribution is 2.30. The van der Waals surface area contributed by atoms with Crippen molar-refractivity contribution in [2.75, 3.05) is 19.1 Å². The molecule has 0 radical (unpaired) electrons. The zero-order valence-corrected chi connectivity index (χ0v) is 14.3. The number of hydrogen-bond acceptors (Lipinski definition) is 5. The topological polar surface area (TPSA) is 70.8 Å². The van der Waals surface area contributed by atoms with E-state index in [1.54, 1.807) is 32.7 Å². The smallest absolute Gasteiger partial charge is 0.246 e. The van der Waals surface area contributed by atoms with Crippen LogP contribution in [0.25, 0.3) is 0 Å². The lowest BCUT2D eigenvalue weighted by atomic mass is 10.2. The van der Waals surface area contributed by atoms with Crippen molar-refractivity contribution in [1.82, 2.24) is 4.31 Å². The molecule has 1 unspecified atom stereocenters. The van der Waals surface area contributed by atoms with Crippen molar-refractivity contribution in [2.24, 2.45) is 0 Å². The minimum atomic E-state index is -3.65. The van der Waals surface area contributed by atoms with E-state index in [1.165, 1.54) is 4.31 Å². The van der Waals surface area contributed by atoms with Crippen molar-refractivity contribution in [3.8, 4) is 0 Å². The van der Waals surface area contributed by atoms with E-state index in [9.17, 15) is 13.5 Å². The molecule has 0 bridgehead atoms. The van der Waals surface area contributed by atoms with Gasteiger partial charge in [0.25, 0.3) is 0 Å². The molecular weight excluding hydrogens is 298 g/mol. The Bertz CT molecular complexity index is 551. The van der Waals surface area contributed by atoms with Gasteiger partial charge in [0.2, 0.25) is 10.0 Å². The molecule has 0 amide bonds. The van der Waals surface area contributed by atoms with Crippen LogP contribution in [0.15, 0.2) is 9.31 Å². The quantitative estimate of drug-likeness (QED) is 0.833. The third-order valence-electron chi connectivity index (χ3n) is 3.48. The van der Waals surface area contributed by atoms with Crippen molar-refractivity contribution in [3.63, 3.8) is 0 Å². The molecule has 0 aliphatic rings. The second-order valence-electron chi connectivity index (χ2n) is 4.83. The number of rotatable bonds is 7. The zero-order chi connectivity index (χ0) is 15.5. The lowest BCUT2D eigenvalue weighted by Crippen LogP contribution is -2.36. The summed E-state index contributed by atoms with van der Waals surface area (Å²) >= 11 is 1.69. The zero-order valence-electron chi connectivity index (χ0n) is 12.6. The summed E-state index contributed by atoms with van der Waals surface area (Å²) in [4.78, 5) is 0.107. The number of thioether (sulfide) groups is 1. The Balaban J connectivity index is 3.17. The fourth-order valence-corrected chi connectivity index (χ4v) is 4.45. The van der Waals surface area contributed by atoms with Gasteiger partial charge in [0, 0.05) is 18.7 Å². The molecule has 0 aliphatic carbocycles. The Kier molecular flexibility index (Phi) is 6.12. The highest BCUT2D eigenvalue weighted by molar-refractivity contribution is 7.98. The third kappa shape index (κ3) is 3.39. The normalized spacial score (nSPS) is 13.9. The summed E-state index contributed by atoms with van der Waals surface area (Å²) in [5.74, 6) is 1.68. The molecular formula is C13H23NO4S2. The van der Waals surface area contributed by atoms with Gasteiger partial charge >= 0.3 is 0 Å². The summed E-state index contributed by atoms with van der Waals surface area (Å²) in [7, 11) is -2.08. The van der Waals surface area contributed by atoms with Gasteiger partial charge in [-0.1, -0.05) is 0 Å². The van der Waals surface area contributed by atoms with Crippen LogP contribution in [0.1, 0.15) is 30.4 Å². The first kappa shape index (κ1) is 17.6. The molecule has 1 aromatic rings. The number of aryl methyl sites for hydroxylation is 2. The van der Waals surface area contributed by atoms with Gasteiger partial charge in [0.15, 0.2) is 0 Å². The van der Waals surface area contributed by atoms with Crippen LogP contribution in [-0.2, 0) is 16.6 Å². The Labute approximate surface area is 125 Å². The molecule has 0 saturated heterocycles. The molecule has 1 N–H and O–H groups in total. The predicted molar refractivity (Wildman–Crippen MR) is 81.5 cm³/mol. The fourth-order valence-electron chi connectivity index (χ4n) is 2.08. The monoisotopic (exact) mass is 321 g/mol. The van der Waals surface area contributed by atoms with Gasteiger partial charge in [-0.2, -0.15) is 16.1 Å². The van der Waals surface area contributed by atoms with Crippen molar-refractivity contribution < 1.29 is 17.9 Å². The van der Waals surface area contributed by atoms with Crippen LogP contribution in [0.3, 0.4) is 0 Å². The highest BCUT2D eigenvalue weighted by atomic mass is 32.2. The van der Waals surface area contributed by atoms with Gasteiger partial charge in [-0.15, -0.1) is 0 Å². The standard InChI is InChI=1S/C13H23NO4S2/c1-9(6-7-19-5)14(4)20(16,17)13-11(3)18-10(2)12(13)8-15/h9,15H,6-8H2,1-5H3. The maximum Gasteiger partial charge on any atom is 0.246 e. The van der Waals surface area contributed by atoms with Crippen LogP contribution in [-0.4, -0.2) is 42.9 Å². The van der Waals surface area contributed by atoms with Crippen molar-refractivity contribution in [2.45, 2.75) is 44.7 Å². The van der Waals surface area contributed by atoms with Gasteiger partial charge in [-0.05, 0) is 39.2 Å². The minimum Gasteiger partial charge on any atom is -0.465 e. The van der Waals surface area contributed by atoms with Crippen LogP contribution in [0.4, 0.5) is 0 Å². The molecule has 0 saturated carbocycles. The number of aliphatic hydroxyl groups excluding tert-OH is 1. The maximum absolute atomic E-state index is 12.7. The first-order valence-corrected chi connectivity index (χ1v) is 9.27. The summed E-state index contributed by atoms with van der Waals surface area (Å²) in [6.07, 6.45) is 2.77. The van der Waals surface area contributed by atoms with E-state index in [2.05, 4.69) is 0 Å². The van der Waals surface area contributed by atoms with E-state index in [1.807, 2.05) is 13.2 Å². The Morgan fingerprint density at radius 2 is 1.95 bits per heavy atom. The summed E-state index contributed by atoms with van der Waals surface area (Å²) in [6, 6.07) is -0.103. The third-order valence-corrected chi connectivity index (χ3v) is 6.29. The van der Waals surface area contributed by atoms with E-state index < -0.39 is 10.0 Å². The van der Waals surface area contributed by atoms with Crippen LogP contribution >= 0.6 is 11.8 Å². The summed E-state index contributed by atoms with van der Waals surface area (Å²) in [6.45, 7) is 4.81. The summed E-state index contributed by atoms with van der Waals surface area (Å²) < 4.78 is 32.1. The van der Waals surface area contributed by atoms with E-state index in [4.69, 9.17) is 4.42 Å². The molecule has 0 spiro atoms. The molecule has 1 atom stereocenters. The molecule has 5 nitrogen and oxygen atoms in total. The molecule has 20 heavy (non-hydrogen) atoms. The fraction of sp³-hybridized carbons (Fsp3) is 0.692. The maximum atomic E-state index is 12.7. The van der Waals surface area contributed by atoms with Gasteiger partial charge in [-0.25, -0.2) is 8.42 Å². The van der Waals surface area contributed by atoms with Crippen LogP contribution < -0.4 is 0 Å². The largest absolute Gasteiger partial charge is 0.465 e. The first-order chi connectivity index (χ1) is 9.27. The number of nitrogens with zero attached hydrogens (tertiary/aromatic N) is 1. The molecule has 0 aromatic carbocycles. The molecule has 1 rings (SSSR count). The molecule has 116 valence electrons. The summed E-state index contributed by atoms with van der Waals surface area (Å²) in [5, 5.41) is 9.39. The Morgan fingerprint density at radius 3 is 2.45 bits per heavy atom. The second-order valence-corrected chi connectivity index (χ2v) is 7.75. The summed E-state index contributed by atoms with van der Waals surface area (Å²) in [5.41, 5.74) is 0.353. The molecule has 7 heteroatoms. The highest BCUT2D eigenvalue weighted by Gasteiger charge is 2.32. The van der Waals surface area contributed by atoms with Crippen LogP contribution in [0.2, 0.25) is 0 Å². The number of hydrogen-bond donors (Lipinski definition) is 1. The van der Waals surface area contributed by atoms with Crippen LogP contribution in [0, 0.1) is 13.8 Å². The molecule has 1 heterocycles. The van der Waals surface area contributed by atoms with Gasteiger partial charge in [0.05, 0.1) is 6.61 Å². The number of furan rings is 1. The van der Waals surface area contributed by atoms with Gasteiger partial charge < -0.3 is 9.52 Å². The number of aliphatic hydroxyl groups is 1. The van der Waals surface area contributed by atoms with E-state index in [0.717, 1.165) is 12.2 Å². The lowest BCUT2D eigenvalue weighted by molar-refractivity contribution is 0.276. The SMILES string of the molecule is CSCCC(C)N(C)S(=O)(=O)c1c(C)oc(C)c1CO. The van der Waals surface area contributed by atoms with Gasteiger partial charge in [0.1, 0.15) is 16.4 Å². The van der Waals surface area contributed by atoms with E-state index in [0.29, 0.717) is 17.1 Å². The minimum absolute atomic E-state index is 0.103. The average molecular weight is 321 g/mol. The van der Waals surface area contributed by atoms with E-state index in [-0.39, 0.29) is 17.5 Å². The molecule has 0 fully saturated rings. The Hall–Kier alpha value is -0.500. The molecule has 1 aromatic heterocycles. The average Bonchev–Trinajstić information content (AvgIpc) is 2.69. The lowest BCUT2D eigenvalue weighted by Gasteiger charge is -2.24.